The van der Waals surface area contributed by atoms with Crippen LogP contribution in [0.15, 0.2) is 48.8 Å². The van der Waals surface area contributed by atoms with E-state index in [1.807, 2.05) is 29.2 Å². The number of likely N-dealkylation sites (tertiary alicyclic amines) is 1. The molecule has 132 valence electrons. The molecule has 1 aromatic heterocycles. The van der Waals surface area contributed by atoms with E-state index in [1.54, 1.807) is 19.3 Å². The number of rotatable bonds is 5. The molecule has 0 bridgehead atoms. The van der Waals surface area contributed by atoms with Gasteiger partial charge in [-0.3, -0.25) is 9.78 Å². The van der Waals surface area contributed by atoms with Crippen LogP contribution in [0.4, 0.5) is 4.39 Å². The van der Waals surface area contributed by atoms with E-state index < -0.39 is 0 Å². The Morgan fingerprint density at radius 3 is 2.60 bits per heavy atom. The number of amides is 1. The van der Waals surface area contributed by atoms with Gasteiger partial charge in [-0.05, 0) is 54.2 Å². The Balaban J connectivity index is 1.67. The molecule has 3 rings (SSSR count). The van der Waals surface area contributed by atoms with Gasteiger partial charge >= 0.3 is 0 Å². The third-order valence-electron chi connectivity index (χ3n) is 4.91. The van der Waals surface area contributed by atoms with Gasteiger partial charge in [0.2, 0.25) is 5.91 Å². The average molecular weight is 341 g/mol. The minimum Gasteiger partial charge on any atom is -0.343 e. The number of hydrogen-bond acceptors (Lipinski definition) is 3. The SMILES string of the molecule is CC(=O)N1CC[C@H](NCc2ccncc2)[C@H](Cc2ccc(F)cc2)C1. The summed E-state index contributed by atoms with van der Waals surface area (Å²) >= 11 is 0. The molecule has 0 spiro atoms. The van der Waals surface area contributed by atoms with E-state index in [0.717, 1.165) is 38.0 Å². The Morgan fingerprint density at radius 2 is 1.92 bits per heavy atom. The van der Waals surface area contributed by atoms with Gasteiger partial charge in [0.1, 0.15) is 5.82 Å². The molecule has 25 heavy (non-hydrogen) atoms. The zero-order valence-electron chi connectivity index (χ0n) is 14.5. The highest BCUT2D eigenvalue weighted by Gasteiger charge is 2.30. The number of carbonyl (C=O) groups is 1. The molecule has 0 unspecified atom stereocenters. The van der Waals surface area contributed by atoms with Crippen molar-refractivity contribution in [1.29, 1.82) is 0 Å². The number of halogens is 1. The van der Waals surface area contributed by atoms with Gasteiger partial charge in [-0.2, -0.15) is 0 Å². The Kier molecular flexibility index (Phi) is 5.76. The van der Waals surface area contributed by atoms with Gasteiger partial charge in [-0.1, -0.05) is 12.1 Å². The fraction of sp³-hybridized carbons (Fsp3) is 0.400. The minimum absolute atomic E-state index is 0.122. The lowest BCUT2D eigenvalue weighted by Crippen LogP contribution is -2.51. The van der Waals surface area contributed by atoms with Crippen LogP contribution < -0.4 is 5.32 Å². The average Bonchev–Trinajstić information content (AvgIpc) is 2.63. The molecule has 0 aliphatic carbocycles. The van der Waals surface area contributed by atoms with Crippen molar-refractivity contribution >= 4 is 5.91 Å². The first-order valence-electron chi connectivity index (χ1n) is 8.74. The van der Waals surface area contributed by atoms with Gasteiger partial charge in [-0.25, -0.2) is 4.39 Å². The molecule has 2 atom stereocenters. The number of pyridine rings is 1. The summed E-state index contributed by atoms with van der Waals surface area (Å²) in [6, 6.07) is 11.0. The lowest BCUT2D eigenvalue weighted by atomic mass is 9.86. The van der Waals surface area contributed by atoms with E-state index in [4.69, 9.17) is 0 Å². The molecule has 1 aliphatic rings. The van der Waals surface area contributed by atoms with E-state index in [1.165, 1.54) is 17.7 Å². The van der Waals surface area contributed by atoms with Crippen LogP contribution in [-0.4, -0.2) is 34.9 Å². The quantitative estimate of drug-likeness (QED) is 0.910. The van der Waals surface area contributed by atoms with Crippen LogP contribution in [0.5, 0.6) is 0 Å². The van der Waals surface area contributed by atoms with Crippen molar-refractivity contribution in [3.8, 4) is 0 Å². The Bertz CT molecular complexity index is 690. The summed E-state index contributed by atoms with van der Waals surface area (Å²) in [5, 5.41) is 3.64. The summed E-state index contributed by atoms with van der Waals surface area (Å²) in [4.78, 5) is 17.7. The maximum atomic E-state index is 13.1. The maximum absolute atomic E-state index is 13.1. The molecule has 1 saturated heterocycles. The van der Waals surface area contributed by atoms with Gasteiger partial charge in [0.15, 0.2) is 0 Å². The zero-order chi connectivity index (χ0) is 17.6. The van der Waals surface area contributed by atoms with Crippen LogP contribution >= 0.6 is 0 Å². The number of carbonyl (C=O) groups excluding carboxylic acids is 1. The molecule has 5 heteroatoms. The highest BCUT2D eigenvalue weighted by atomic mass is 19.1. The van der Waals surface area contributed by atoms with Crippen molar-refractivity contribution in [1.82, 2.24) is 15.2 Å². The first-order chi connectivity index (χ1) is 12.1. The summed E-state index contributed by atoms with van der Waals surface area (Å²) in [5.74, 6) is 0.215. The molecule has 1 aromatic carbocycles. The minimum atomic E-state index is -0.217. The van der Waals surface area contributed by atoms with Crippen molar-refractivity contribution < 1.29 is 9.18 Å². The second-order valence-electron chi connectivity index (χ2n) is 6.69. The molecule has 2 heterocycles. The van der Waals surface area contributed by atoms with Crippen LogP contribution in [0.25, 0.3) is 0 Å². The summed E-state index contributed by atoms with van der Waals surface area (Å²) in [6.07, 6.45) is 5.35. The Morgan fingerprint density at radius 1 is 1.20 bits per heavy atom. The summed E-state index contributed by atoms with van der Waals surface area (Å²) in [6.45, 7) is 3.93. The Labute approximate surface area is 148 Å². The largest absolute Gasteiger partial charge is 0.343 e. The monoisotopic (exact) mass is 341 g/mol. The van der Waals surface area contributed by atoms with E-state index in [9.17, 15) is 9.18 Å². The van der Waals surface area contributed by atoms with Crippen LogP contribution in [0.1, 0.15) is 24.5 Å². The van der Waals surface area contributed by atoms with Crippen LogP contribution in [0.2, 0.25) is 0 Å². The zero-order valence-corrected chi connectivity index (χ0v) is 14.5. The molecular weight excluding hydrogens is 317 g/mol. The van der Waals surface area contributed by atoms with E-state index >= 15 is 0 Å². The molecular formula is C20H24FN3O. The van der Waals surface area contributed by atoms with Gasteiger partial charge in [0, 0.05) is 45.0 Å². The van der Waals surface area contributed by atoms with Crippen LogP contribution in [0, 0.1) is 11.7 Å². The standard InChI is InChI=1S/C20H24FN3O/c1-15(25)24-11-8-20(23-13-17-6-9-22-10-7-17)18(14-24)12-16-2-4-19(21)5-3-16/h2-7,9-10,18,20,23H,8,11-14H2,1H3/t18-,20+/m1/s1. The number of benzene rings is 1. The predicted molar refractivity (Wildman–Crippen MR) is 95.3 cm³/mol. The van der Waals surface area contributed by atoms with Crippen molar-refractivity contribution in [2.24, 2.45) is 5.92 Å². The van der Waals surface area contributed by atoms with Crippen molar-refractivity contribution in [3.05, 3.63) is 65.7 Å². The lowest BCUT2D eigenvalue weighted by molar-refractivity contribution is -0.131. The summed E-state index contributed by atoms with van der Waals surface area (Å²) in [7, 11) is 0. The Hall–Kier alpha value is -2.27. The second kappa shape index (κ2) is 8.21. The molecule has 2 aromatic rings. The molecule has 0 radical (unpaired) electrons. The third-order valence-corrected chi connectivity index (χ3v) is 4.91. The topological polar surface area (TPSA) is 45.2 Å². The van der Waals surface area contributed by atoms with Crippen molar-refractivity contribution in [3.63, 3.8) is 0 Å². The maximum Gasteiger partial charge on any atom is 0.219 e. The van der Waals surface area contributed by atoms with Crippen molar-refractivity contribution in [2.45, 2.75) is 32.4 Å². The van der Waals surface area contributed by atoms with E-state index in [0.29, 0.717) is 12.0 Å². The number of hydrogen-bond donors (Lipinski definition) is 1. The highest BCUT2D eigenvalue weighted by molar-refractivity contribution is 5.73. The first-order valence-corrected chi connectivity index (χ1v) is 8.74. The third kappa shape index (κ3) is 4.86. The first kappa shape index (κ1) is 17.5. The molecule has 1 fully saturated rings. The highest BCUT2D eigenvalue weighted by Crippen LogP contribution is 2.22. The van der Waals surface area contributed by atoms with Gasteiger partial charge in [-0.15, -0.1) is 0 Å². The lowest BCUT2D eigenvalue weighted by Gasteiger charge is -2.39. The van der Waals surface area contributed by atoms with Crippen LogP contribution in [-0.2, 0) is 17.8 Å². The van der Waals surface area contributed by atoms with E-state index in [-0.39, 0.29) is 11.7 Å². The molecule has 4 nitrogen and oxygen atoms in total. The molecule has 1 aliphatic heterocycles. The van der Waals surface area contributed by atoms with Gasteiger partial charge in [0.25, 0.3) is 0 Å². The molecule has 1 amide bonds. The van der Waals surface area contributed by atoms with Crippen LogP contribution in [0.3, 0.4) is 0 Å². The normalized spacial score (nSPS) is 20.5. The van der Waals surface area contributed by atoms with Crippen molar-refractivity contribution in [2.75, 3.05) is 13.1 Å². The number of piperidine rings is 1. The van der Waals surface area contributed by atoms with E-state index in [2.05, 4.69) is 10.3 Å². The summed E-state index contributed by atoms with van der Waals surface area (Å²) < 4.78 is 13.1. The molecule has 1 N–H and O–H groups in total. The molecule has 0 saturated carbocycles. The smallest absolute Gasteiger partial charge is 0.219 e. The number of nitrogens with one attached hydrogen (secondary N) is 1. The predicted octanol–water partition coefficient (Wildman–Crippen LogP) is 2.79. The van der Waals surface area contributed by atoms with Gasteiger partial charge in [0.05, 0.1) is 0 Å². The number of nitrogens with zero attached hydrogens (tertiary/aromatic N) is 2. The summed E-state index contributed by atoms with van der Waals surface area (Å²) in [5.41, 5.74) is 2.30. The number of aromatic nitrogens is 1. The van der Waals surface area contributed by atoms with Gasteiger partial charge < -0.3 is 10.2 Å². The fourth-order valence-corrected chi connectivity index (χ4v) is 3.47. The fourth-order valence-electron chi connectivity index (χ4n) is 3.47. The second-order valence-corrected chi connectivity index (χ2v) is 6.69.